The number of ether oxygens (including phenoxy) is 1. The van der Waals surface area contributed by atoms with Crippen LogP contribution in [0, 0.1) is 0 Å². The molecule has 0 N–H and O–H groups in total. The Labute approximate surface area is 109 Å². The van der Waals surface area contributed by atoms with Gasteiger partial charge in [-0.1, -0.05) is 18.2 Å². The van der Waals surface area contributed by atoms with Gasteiger partial charge in [0, 0.05) is 12.2 Å². The Balaban J connectivity index is 2.11. The molecule has 2 unspecified atom stereocenters. The van der Waals surface area contributed by atoms with E-state index in [-0.39, 0.29) is 12.2 Å². The molecule has 1 fully saturated rings. The van der Waals surface area contributed by atoms with Crippen LogP contribution in [0.25, 0.3) is 6.08 Å². The maximum Gasteiger partial charge on any atom is 0.260 e. The van der Waals surface area contributed by atoms with Crippen molar-refractivity contribution in [3.63, 3.8) is 0 Å². The fraction of sp³-hybridized carbons (Fsp3) is 0.429. The Morgan fingerprint density at radius 1 is 1.22 bits per heavy atom. The lowest BCUT2D eigenvalue weighted by Gasteiger charge is -2.26. The topological polar surface area (TPSA) is 27.7 Å². The second-order valence-electron chi connectivity index (χ2n) is 4.99. The molecule has 0 amide bonds. The number of rotatable bonds is 3. The average Bonchev–Trinajstić information content (AvgIpc) is 2.62. The van der Waals surface area contributed by atoms with Crippen molar-refractivity contribution in [1.29, 1.82) is 0 Å². The van der Waals surface area contributed by atoms with E-state index in [0.29, 0.717) is 0 Å². The Morgan fingerprint density at radius 3 is 2.50 bits per heavy atom. The quantitative estimate of drug-likeness (QED) is 0.768. The predicted molar refractivity (Wildman–Crippen MR) is 74.7 cm³/mol. The summed E-state index contributed by atoms with van der Waals surface area (Å²) < 4.78 is 16.9. The lowest BCUT2D eigenvalue weighted by atomic mass is 9.60. The van der Waals surface area contributed by atoms with Crippen LogP contribution in [0.3, 0.4) is 0 Å². The molecule has 1 aromatic rings. The molecule has 0 saturated carbocycles. The summed E-state index contributed by atoms with van der Waals surface area (Å²) in [7, 11) is 1.67. The molecule has 1 aliphatic rings. The van der Waals surface area contributed by atoms with Gasteiger partial charge in [-0.25, -0.2) is 0 Å². The molecule has 98 valence electrons. The number of hydrogen-bond acceptors (Lipinski definition) is 3. The molecule has 2 rings (SSSR count). The first-order valence-corrected chi connectivity index (χ1v) is 6.40. The standard InChI is InChI=1S/C14H20BO3/c1-11-12(2)18-15(3,17-11)9-8-13-6-5-7-14(10-13)16-4/h5-12H,1-4H3/q-1/b9-8+. The Kier molecular flexibility index (Phi) is 3.78. The molecule has 0 spiro atoms. The van der Waals surface area contributed by atoms with Gasteiger partial charge in [-0.3, -0.25) is 0 Å². The van der Waals surface area contributed by atoms with E-state index in [9.17, 15) is 0 Å². The van der Waals surface area contributed by atoms with E-state index in [1.54, 1.807) is 7.11 Å². The van der Waals surface area contributed by atoms with Gasteiger partial charge in [0.05, 0.1) is 7.11 Å². The number of methoxy groups -OCH3 is 1. The summed E-state index contributed by atoms with van der Waals surface area (Å²) >= 11 is 0. The Hall–Kier alpha value is -1.26. The third kappa shape index (κ3) is 2.95. The predicted octanol–water partition coefficient (Wildman–Crippen LogP) is 3.14. The van der Waals surface area contributed by atoms with Gasteiger partial charge in [0.1, 0.15) is 5.75 Å². The highest BCUT2D eigenvalue weighted by Gasteiger charge is 2.31. The van der Waals surface area contributed by atoms with E-state index < -0.39 is 6.55 Å². The van der Waals surface area contributed by atoms with Crippen LogP contribution in [0.1, 0.15) is 19.4 Å². The van der Waals surface area contributed by atoms with Gasteiger partial charge in [-0.05, 0) is 31.5 Å². The van der Waals surface area contributed by atoms with Crippen molar-refractivity contribution in [3.05, 3.63) is 35.8 Å². The van der Waals surface area contributed by atoms with Crippen molar-refractivity contribution in [1.82, 2.24) is 0 Å². The fourth-order valence-electron chi connectivity index (χ4n) is 2.23. The number of hydrogen-bond donors (Lipinski definition) is 0. The molecule has 0 radical (unpaired) electrons. The highest BCUT2D eigenvalue weighted by atomic mass is 16.7. The van der Waals surface area contributed by atoms with Gasteiger partial charge in [0.2, 0.25) is 0 Å². The first-order valence-electron chi connectivity index (χ1n) is 6.40. The molecule has 0 bridgehead atoms. The van der Waals surface area contributed by atoms with E-state index in [4.69, 9.17) is 14.0 Å². The smallest absolute Gasteiger partial charge is 0.260 e. The first kappa shape index (κ1) is 13.2. The van der Waals surface area contributed by atoms with Gasteiger partial charge >= 0.3 is 0 Å². The minimum atomic E-state index is -1.32. The molecule has 3 nitrogen and oxygen atoms in total. The Bertz CT molecular complexity index is 434. The molecule has 0 aromatic heterocycles. The second kappa shape index (κ2) is 5.16. The molecule has 1 saturated heterocycles. The molecular weight excluding hydrogens is 227 g/mol. The van der Waals surface area contributed by atoms with Crippen molar-refractivity contribution in [2.75, 3.05) is 7.11 Å². The zero-order chi connectivity index (χ0) is 13.2. The van der Waals surface area contributed by atoms with Crippen LogP contribution >= 0.6 is 0 Å². The highest BCUT2D eigenvalue weighted by Crippen LogP contribution is 2.26. The summed E-state index contributed by atoms with van der Waals surface area (Å²) in [6.45, 7) is 4.76. The molecule has 0 aliphatic carbocycles. The van der Waals surface area contributed by atoms with Gasteiger partial charge < -0.3 is 14.0 Å². The maximum absolute atomic E-state index is 5.86. The van der Waals surface area contributed by atoms with Gasteiger partial charge in [-0.2, -0.15) is 5.98 Å². The van der Waals surface area contributed by atoms with E-state index in [1.807, 2.05) is 57.0 Å². The summed E-state index contributed by atoms with van der Waals surface area (Å²) in [4.78, 5) is 0. The SMILES string of the molecule is COc1cccc(/C=C/[B-]2(C)OC(C)C(C)O2)c1. The molecule has 4 heteroatoms. The third-order valence-electron chi connectivity index (χ3n) is 3.36. The normalized spacial score (nSPS) is 32.0. The zero-order valence-electron chi connectivity index (χ0n) is 11.4. The molecular formula is C14H20BO3-. The highest BCUT2D eigenvalue weighted by molar-refractivity contribution is 6.72. The van der Waals surface area contributed by atoms with Crippen molar-refractivity contribution in [2.24, 2.45) is 0 Å². The van der Waals surface area contributed by atoms with Gasteiger partial charge in [0.15, 0.2) is 0 Å². The lowest BCUT2D eigenvalue weighted by molar-refractivity contribution is 0.187. The van der Waals surface area contributed by atoms with Gasteiger partial charge in [0.25, 0.3) is 6.55 Å². The van der Waals surface area contributed by atoms with E-state index in [1.165, 1.54) is 0 Å². The van der Waals surface area contributed by atoms with E-state index >= 15 is 0 Å². The minimum Gasteiger partial charge on any atom is -0.561 e. The fourth-order valence-corrected chi connectivity index (χ4v) is 2.23. The summed E-state index contributed by atoms with van der Waals surface area (Å²) in [6.07, 6.45) is 2.31. The third-order valence-corrected chi connectivity index (χ3v) is 3.36. The van der Waals surface area contributed by atoms with Crippen LogP contribution in [0.2, 0.25) is 6.82 Å². The first-order chi connectivity index (χ1) is 8.52. The van der Waals surface area contributed by atoms with Gasteiger partial charge in [-0.15, -0.1) is 6.82 Å². The zero-order valence-corrected chi connectivity index (χ0v) is 11.4. The van der Waals surface area contributed by atoms with Crippen LogP contribution in [0.4, 0.5) is 0 Å². The summed E-state index contributed by atoms with van der Waals surface area (Å²) in [6, 6.07) is 7.91. The molecule has 1 heterocycles. The van der Waals surface area contributed by atoms with Crippen LogP contribution in [-0.2, 0) is 9.31 Å². The van der Waals surface area contributed by atoms with Crippen LogP contribution in [0.15, 0.2) is 30.2 Å². The molecule has 2 atom stereocenters. The maximum atomic E-state index is 5.86. The molecule has 1 aliphatic heterocycles. The summed E-state index contributed by atoms with van der Waals surface area (Å²) in [5.41, 5.74) is 1.08. The monoisotopic (exact) mass is 247 g/mol. The molecule has 1 aromatic carbocycles. The van der Waals surface area contributed by atoms with E-state index in [0.717, 1.165) is 11.3 Å². The Morgan fingerprint density at radius 2 is 1.89 bits per heavy atom. The average molecular weight is 247 g/mol. The van der Waals surface area contributed by atoms with Crippen molar-refractivity contribution in [3.8, 4) is 5.75 Å². The van der Waals surface area contributed by atoms with Crippen LogP contribution in [-0.4, -0.2) is 25.9 Å². The lowest BCUT2D eigenvalue weighted by Crippen LogP contribution is -2.30. The summed E-state index contributed by atoms with van der Waals surface area (Å²) in [5, 5.41) is 0. The largest absolute Gasteiger partial charge is 0.561 e. The molecule has 18 heavy (non-hydrogen) atoms. The van der Waals surface area contributed by atoms with Crippen LogP contribution in [0.5, 0.6) is 5.75 Å². The van der Waals surface area contributed by atoms with Crippen molar-refractivity contribution >= 4 is 12.6 Å². The summed E-state index contributed by atoms with van der Waals surface area (Å²) in [5.74, 6) is 2.86. The van der Waals surface area contributed by atoms with Crippen molar-refractivity contribution in [2.45, 2.75) is 32.9 Å². The van der Waals surface area contributed by atoms with Crippen molar-refractivity contribution < 1.29 is 14.0 Å². The second-order valence-corrected chi connectivity index (χ2v) is 4.99. The van der Waals surface area contributed by atoms with Crippen LogP contribution < -0.4 is 4.74 Å². The minimum absolute atomic E-state index is 0.143. The van der Waals surface area contributed by atoms with E-state index in [2.05, 4.69) is 0 Å². The number of benzene rings is 1.